The average molecular weight is 475 g/mol. The van der Waals surface area contributed by atoms with Crippen molar-refractivity contribution < 1.29 is 9.21 Å². The van der Waals surface area contributed by atoms with Gasteiger partial charge in [-0.1, -0.05) is 22.0 Å². The van der Waals surface area contributed by atoms with E-state index in [-0.39, 0.29) is 5.91 Å². The Morgan fingerprint density at radius 3 is 2.90 bits per heavy atom. The molecule has 1 aromatic heterocycles. The minimum absolute atomic E-state index is 0.167. The summed E-state index contributed by atoms with van der Waals surface area (Å²) in [6, 6.07) is 11.3. The topological polar surface area (TPSA) is 54.6 Å². The van der Waals surface area contributed by atoms with Gasteiger partial charge in [0.1, 0.15) is 5.76 Å². The minimum atomic E-state index is -0.167. The van der Waals surface area contributed by atoms with Gasteiger partial charge in [0.05, 0.1) is 10.6 Å². The number of rotatable bonds is 2. The van der Waals surface area contributed by atoms with Gasteiger partial charge in [0.2, 0.25) is 0 Å². The van der Waals surface area contributed by atoms with Gasteiger partial charge < -0.3 is 9.73 Å². The molecule has 0 bridgehead atoms. The van der Waals surface area contributed by atoms with Gasteiger partial charge in [-0.25, -0.2) is 4.99 Å². The molecule has 4 nitrogen and oxygen atoms in total. The van der Waals surface area contributed by atoms with Gasteiger partial charge in [0, 0.05) is 10.5 Å². The van der Waals surface area contributed by atoms with Crippen molar-refractivity contribution in [2.24, 2.45) is 4.99 Å². The highest BCUT2D eigenvalue weighted by Gasteiger charge is 2.24. The van der Waals surface area contributed by atoms with Crippen LogP contribution in [0.15, 0.2) is 55.2 Å². The molecule has 0 saturated carbocycles. The standard InChI is InChI=1S/C14H8BrIN2O2S/c15-8-2-1-3-9(6-8)17-14-18-13(19)11(21-14)7-10-4-5-12(16)20-10/h1-7H,(H,17,18,19)/b11-7-. The fraction of sp³-hybridized carbons (Fsp3) is 0. The number of carbonyl (C=O) groups is 1. The van der Waals surface area contributed by atoms with Crippen LogP contribution in [0.5, 0.6) is 0 Å². The Kier molecular flexibility index (Phi) is 4.51. The molecule has 3 rings (SSSR count). The molecule has 1 aliphatic rings. The summed E-state index contributed by atoms with van der Waals surface area (Å²) in [5.41, 5.74) is 0.779. The van der Waals surface area contributed by atoms with Crippen molar-refractivity contribution in [1.29, 1.82) is 0 Å². The third-order valence-corrected chi connectivity index (χ3v) is 4.54. The van der Waals surface area contributed by atoms with Crippen LogP contribution in [0.25, 0.3) is 6.08 Å². The predicted octanol–water partition coefficient (Wildman–Crippen LogP) is 4.54. The van der Waals surface area contributed by atoms with E-state index in [0.717, 1.165) is 13.9 Å². The average Bonchev–Trinajstić information content (AvgIpc) is 2.97. The van der Waals surface area contributed by atoms with Crippen molar-refractivity contribution in [2.75, 3.05) is 0 Å². The van der Waals surface area contributed by atoms with Gasteiger partial charge >= 0.3 is 0 Å². The van der Waals surface area contributed by atoms with Crippen LogP contribution in [-0.2, 0) is 4.79 Å². The summed E-state index contributed by atoms with van der Waals surface area (Å²) < 4.78 is 7.16. The minimum Gasteiger partial charge on any atom is -0.451 e. The Morgan fingerprint density at radius 1 is 1.33 bits per heavy atom. The lowest BCUT2D eigenvalue weighted by atomic mass is 10.3. The molecule has 1 saturated heterocycles. The van der Waals surface area contributed by atoms with Crippen molar-refractivity contribution >= 4 is 73.1 Å². The molecule has 0 spiro atoms. The highest BCUT2D eigenvalue weighted by molar-refractivity contribution is 14.1. The molecular weight excluding hydrogens is 467 g/mol. The number of nitrogens with zero attached hydrogens (tertiary/aromatic N) is 1. The maximum absolute atomic E-state index is 11.9. The Hall–Kier alpha value is -1.06. The van der Waals surface area contributed by atoms with Crippen LogP contribution in [0.1, 0.15) is 5.76 Å². The van der Waals surface area contributed by atoms with Crippen LogP contribution in [0.3, 0.4) is 0 Å². The summed E-state index contributed by atoms with van der Waals surface area (Å²) >= 11 is 6.77. The van der Waals surface area contributed by atoms with Gasteiger partial charge in [-0.2, -0.15) is 0 Å². The second-order valence-corrected chi connectivity index (χ2v) is 7.11. The lowest BCUT2D eigenvalue weighted by Gasteiger charge is -1.96. The first-order chi connectivity index (χ1) is 10.1. The molecule has 7 heteroatoms. The molecule has 0 radical (unpaired) electrons. The van der Waals surface area contributed by atoms with Gasteiger partial charge in [-0.05, 0) is 64.7 Å². The van der Waals surface area contributed by atoms with Gasteiger partial charge in [0.15, 0.2) is 8.93 Å². The first-order valence-corrected chi connectivity index (χ1v) is 8.59. The maximum Gasteiger partial charge on any atom is 0.264 e. The molecule has 1 amide bonds. The predicted molar refractivity (Wildman–Crippen MR) is 96.4 cm³/mol. The maximum atomic E-state index is 11.9. The Labute approximate surface area is 147 Å². The van der Waals surface area contributed by atoms with Gasteiger partial charge in [-0.3, -0.25) is 4.79 Å². The molecule has 1 aliphatic heterocycles. The lowest BCUT2D eigenvalue weighted by Crippen LogP contribution is -2.19. The van der Waals surface area contributed by atoms with E-state index < -0.39 is 0 Å². The highest BCUT2D eigenvalue weighted by atomic mass is 127. The number of hydrogen-bond acceptors (Lipinski definition) is 4. The highest BCUT2D eigenvalue weighted by Crippen LogP contribution is 2.29. The van der Waals surface area contributed by atoms with E-state index in [0.29, 0.717) is 15.8 Å². The summed E-state index contributed by atoms with van der Waals surface area (Å²) in [5, 5.41) is 3.31. The van der Waals surface area contributed by atoms with Gasteiger partial charge in [-0.15, -0.1) is 0 Å². The van der Waals surface area contributed by atoms with Crippen LogP contribution in [0.2, 0.25) is 0 Å². The summed E-state index contributed by atoms with van der Waals surface area (Å²) in [6.45, 7) is 0. The first-order valence-electron chi connectivity index (χ1n) is 5.91. The summed E-state index contributed by atoms with van der Waals surface area (Å²) in [4.78, 5) is 16.9. The molecule has 1 aromatic carbocycles. The van der Waals surface area contributed by atoms with Crippen LogP contribution < -0.4 is 5.32 Å². The molecule has 0 unspecified atom stereocenters. The second kappa shape index (κ2) is 6.37. The molecule has 1 N–H and O–H groups in total. The zero-order valence-corrected chi connectivity index (χ0v) is 15.0. The number of thioether (sulfide) groups is 1. The van der Waals surface area contributed by atoms with Crippen molar-refractivity contribution in [1.82, 2.24) is 5.32 Å². The number of furan rings is 1. The Morgan fingerprint density at radius 2 is 2.19 bits per heavy atom. The Bertz CT molecular complexity index is 770. The van der Waals surface area contributed by atoms with E-state index in [1.54, 1.807) is 6.08 Å². The smallest absolute Gasteiger partial charge is 0.264 e. The molecule has 2 aromatic rings. The number of carbonyl (C=O) groups excluding carboxylic acids is 1. The number of hydrogen-bond donors (Lipinski definition) is 1. The summed E-state index contributed by atoms with van der Waals surface area (Å²) in [5.74, 6) is 0.487. The third-order valence-electron chi connectivity index (χ3n) is 2.56. The summed E-state index contributed by atoms with van der Waals surface area (Å²) in [7, 11) is 0. The summed E-state index contributed by atoms with van der Waals surface area (Å²) in [6.07, 6.45) is 1.71. The number of aliphatic imine (C=N–C) groups is 1. The van der Waals surface area contributed by atoms with E-state index in [2.05, 4.69) is 48.8 Å². The monoisotopic (exact) mass is 474 g/mol. The van der Waals surface area contributed by atoms with Crippen molar-refractivity contribution in [3.63, 3.8) is 0 Å². The van der Waals surface area contributed by atoms with Gasteiger partial charge in [0.25, 0.3) is 5.91 Å². The number of halogens is 2. The van der Waals surface area contributed by atoms with E-state index in [1.807, 2.05) is 36.4 Å². The fourth-order valence-electron chi connectivity index (χ4n) is 1.68. The molecule has 0 atom stereocenters. The van der Waals surface area contributed by atoms with Crippen LogP contribution in [0.4, 0.5) is 5.69 Å². The fourth-order valence-corrected chi connectivity index (χ4v) is 3.32. The van der Waals surface area contributed by atoms with Crippen LogP contribution >= 0.6 is 50.3 Å². The van der Waals surface area contributed by atoms with Crippen LogP contribution in [0, 0.1) is 3.77 Å². The van der Waals surface area contributed by atoms with E-state index in [9.17, 15) is 4.79 Å². The van der Waals surface area contributed by atoms with Crippen LogP contribution in [-0.4, -0.2) is 11.1 Å². The lowest BCUT2D eigenvalue weighted by molar-refractivity contribution is -0.115. The molecule has 106 valence electrons. The van der Waals surface area contributed by atoms with E-state index >= 15 is 0 Å². The molecule has 1 fully saturated rings. The zero-order valence-electron chi connectivity index (χ0n) is 10.5. The quantitative estimate of drug-likeness (QED) is 0.513. The van der Waals surface area contributed by atoms with Crippen molar-refractivity contribution in [3.05, 3.63) is 55.3 Å². The number of amidine groups is 1. The first kappa shape index (κ1) is 14.9. The third kappa shape index (κ3) is 3.78. The number of nitrogens with one attached hydrogen (secondary N) is 1. The largest absolute Gasteiger partial charge is 0.451 e. The molecule has 0 aliphatic carbocycles. The molecule has 2 heterocycles. The molecular formula is C14H8BrIN2O2S. The number of amides is 1. The molecule has 21 heavy (non-hydrogen) atoms. The van der Waals surface area contributed by atoms with E-state index in [1.165, 1.54) is 11.8 Å². The van der Waals surface area contributed by atoms with Crippen molar-refractivity contribution in [2.45, 2.75) is 0 Å². The Balaban J connectivity index is 1.83. The SMILES string of the molecule is O=C1NC(=Nc2cccc(Br)c2)S/C1=C\c1ccc(I)o1. The van der Waals surface area contributed by atoms with E-state index in [4.69, 9.17) is 4.42 Å². The normalized spacial score (nSPS) is 18.5. The second-order valence-electron chi connectivity index (χ2n) is 4.10. The zero-order chi connectivity index (χ0) is 14.8. The number of benzene rings is 1. The van der Waals surface area contributed by atoms with Crippen molar-refractivity contribution in [3.8, 4) is 0 Å².